The number of ether oxygens (including phenoxy) is 1. The van der Waals surface area contributed by atoms with E-state index in [1.807, 2.05) is 31.3 Å². The highest BCUT2D eigenvalue weighted by atomic mass is 35.5. The van der Waals surface area contributed by atoms with E-state index in [1.165, 1.54) is 5.56 Å². The summed E-state index contributed by atoms with van der Waals surface area (Å²) >= 11 is 13.9. The van der Waals surface area contributed by atoms with Gasteiger partial charge in [-0.3, -0.25) is 0 Å². The fraction of sp³-hybridized carbons (Fsp3) is 0.250. The molecule has 2 rings (SSSR count). The molecule has 0 heterocycles. The van der Waals surface area contributed by atoms with E-state index in [0.717, 1.165) is 21.4 Å². The lowest BCUT2D eigenvalue weighted by Crippen LogP contribution is -2.18. The number of methoxy groups -OCH3 is 1. The Bertz CT molecular complexity index is 589. The van der Waals surface area contributed by atoms with E-state index in [1.54, 1.807) is 24.9 Å². The van der Waals surface area contributed by atoms with Gasteiger partial charge < -0.3 is 10.1 Å². The molecule has 0 aliphatic heterocycles. The van der Waals surface area contributed by atoms with E-state index < -0.39 is 0 Å². The van der Waals surface area contributed by atoms with Gasteiger partial charge in [-0.2, -0.15) is 0 Å². The fourth-order valence-corrected chi connectivity index (χ4v) is 3.58. The topological polar surface area (TPSA) is 21.3 Å². The second-order valence-corrected chi connectivity index (χ2v) is 6.41. The first-order valence-corrected chi connectivity index (χ1v) is 8.27. The van der Waals surface area contributed by atoms with Crippen molar-refractivity contribution >= 4 is 35.0 Å². The zero-order valence-electron chi connectivity index (χ0n) is 11.9. The minimum atomic E-state index is 0.232. The molecule has 0 fully saturated rings. The highest BCUT2D eigenvalue weighted by Crippen LogP contribution is 2.32. The van der Waals surface area contributed by atoms with E-state index in [2.05, 4.69) is 17.4 Å². The molecule has 0 amide bonds. The Morgan fingerprint density at radius 3 is 2.48 bits per heavy atom. The van der Waals surface area contributed by atoms with Crippen LogP contribution in [-0.2, 0) is 0 Å². The summed E-state index contributed by atoms with van der Waals surface area (Å²) in [7, 11) is 3.62. The van der Waals surface area contributed by atoms with Gasteiger partial charge in [0.2, 0.25) is 0 Å². The predicted octanol–water partition coefficient (Wildman–Crippen LogP) is 5.05. The third-order valence-electron chi connectivity index (χ3n) is 3.17. The molecule has 0 aliphatic carbocycles. The second kappa shape index (κ2) is 7.95. The normalized spacial score (nSPS) is 12.2. The molecule has 112 valence electrons. The van der Waals surface area contributed by atoms with Crippen molar-refractivity contribution in [3.8, 4) is 5.75 Å². The van der Waals surface area contributed by atoms with Crippen LogP contribution in [-0.4, -0.2) is 19.9 Å². The van der Waals surface area contributed by atoms with Crippen molar-refractivity contribution in [2.45, 2.75) is 10.9 Å². The van der Waals surface area contributed by atoms with E-state index in [4.69, 9.17) is 27.9 Å². The number of thioether (sulfide) groups is 1. The van der Waals surface area contributed by atoms with Gasteiger partial charge in [0.15, 0.2) is 0 Å². The third-order valence-corrected chi connectivity index (χ3v) is 4.99. The van der Waals surface area contributed by atoms with Crippen LogP contribution in [0.4, 0.5) is 0 Å². The van der Waals surface area contributed by atoms with Crippen LogP contribution in [0.3, 0.4) is 0 Å². The van der Waals surface area contributed by atoms with E-state index >= 15 is 0 Å². The molecule has 1 unspecified atom stereocenters. The third kappa shape index (κ3) is 4.55. The lowest BCUT2D eigenvalue weighted by atomic mass is 10.1. The molecule has 2 aromatic carbocycles. The van der Waals surface area contributed by atoms with Crippen molar-refractivity contribution in [3.05, 3.63) is 58.1 Å². The first-order chi connectivity index (χ1) is 10.1. The van der Waals surface area contributed by atoms with Gasteiger partial charge >= 0.3 is 0 Å². The highest BCUT2D eigenvalue weighted by Gasteiger charge is 2.11. The summed E-state index contributed by atoms with van der Waals surface area (Å²) in [6, 6.07) is 13.8. The number of halogens is 2. The molecule has 0 bridgehead atoms. The average Bonchev–Trinajstić information content (AvgIpc) is 2.51. The maximum atomic E-state index is 6.19. The molecule has 2 nitrogen and oxygen atoms in total. The van der Waals surface area contributed by atoms with Crippen molar-refractivity contribution in [3.63, 3.8) is 0 Å². The molecular weight excluding hydrogens is 325 g/mol. The summed E-state index contributed by atoms with van der Waals surface area (Å²) in [4.78, 5) is 0.998. The molecule has 1 atom stereocenters. The predicted molar refractivity (Wildman–Crippen MR) is 92.0 cm³/mol. The molecule has 21 heavy (non-hydrogen) atoms. The van der Waals surface area contributed by atoms with Crippen LogP contribution >= 0.6 is 35.0 Å². The first kappa shape index (κ1) is 16.5. The molecule has 0 radical (unpaired) electrons. The Hall–Kier alpha value is -0.870. The minimum Gasteiger partial charge on any atom is -0.497 e. The van der Waals surface area contributed by atoms with Gasteiger partial charge in [-0.1, -0.05) is 35.3 Å². The van der Waals surface area contributed by atoms with Gasteiger partial charge in [0.25, 0.3) is 0 Å². The van der Waals surface area contributed by atoms with Crippen molar-refractivity contribution in [1.82, 2.24) is 5.32 Å². The van der Waals surface area contributed by atoms with Crippen LogP contribution in [0.15, 0.2) is 47.4 Å². The van der Waals surface area contributed by atoms with Crippen molar-refractivity contribution in [2.24, 2.45) is 0 Å². The Morgan fingerprint density at radius 2 is 1.86 bits per heavy atom. The zero-order valence-corrected chi connectivity index (χ0v) is 14.2. The minimum absolute atomic E-state index is 0.232. The zero-order chi connectivity index (χ0) is 15.2. The fourth-order valence-electron chi connectivity index (χ4n) is 1.94. The van der Waals surface area contributed by atoms with Crippen LogP contribution in [0.5, 0.6) is 5.75 Å². The average molecular weight is 342 g/mol. The van der Waals surface area contributed by atoms with Crippen molar-refractivity contribution < 1.29 is 4.74 Å². The first-order valence-electron chi connectivity index (χ1n) is 6.53. The maximum Gasteiger partial charge on any atom is 0.118 e. The van der Waals surface area contributed by atoms with Gasteiger partial charge in [-0.15, -0.1) is 11.8 Å². The number of benzene rings is 2. The lowest BCUT2D eigenvalue weighted by molar-refractivity contribution is 0.414. The van der Waals surface area contributed by atoms with Gasteiger partial charge in [0.1, 0.15) is 5.75 Å². The quantitative estimate of drug-likeness (QED) is 0.742. The van der Waals surface area contributed by atoms with Gasteiger partial charge in [-0.25, -0.2) is 0 Å². The highest BCUT2D eigenvalue weighted by molar-refractivity contribution is 7.99. The summed E-state index contributed by atoms with van der Waals surface area (Å²) in [6.07, 6.45) is 0. The number of nitrogens with one attached hydrogen (secondary N) is 1. The molecule has 0 saturated carbocycles. The van der Waals surface area contributed by atoms with Gasteiger partial charge in [0, 0.05) is 21.7 Å². The molecule has 5 heteroatoms. The molecule has 0 aliphatic rings. The Balaban J connectivity index is 2.06. The van der Waals surface area contributed by atoms with Crippen LogP contribution in [0.2, 0.25) is 10.0 Å². The van der Waals surface area contributed by atoms with E-state index in [-0.39, 0.29) is 6.04 Å². The van der Waals surface area contributed by atoms with Crippen LogP contribution in [0, 0.1) is 0 Å². The number of rotatable bonds is 6. The van der Waals surface area contributed by atoms with Crippen LogP contribution in [0.25, 0.3) is 0 Å². The lowest BCUT2D eigenvalue weighted by Gasteiger charge is -2.17. The van der Waals surface area contributed by atoms with Crippen LogP contribution < -0.4 is 10.1 Å². The summed E-state index contributed by atoms with van der Waals surface area (Å²) in [5, 5.41) is 4.75. The molecule has 2 aromatic rings. The molecule has 1 N–H and O–H groups in total. The SMILES string of the molecule is CNC(CSc1cc(Cl)ccc1Cl)c1ccc(OC)cc1. The maximum absolute atomic E-state index is 6.19. The second-order valence-electron chi connectivity index (χ2n) is 4.50. The molecule has 0 spiro atoms. The molecule has 0 saturated heterocycles. The Labute approximate surface area is 139 Å². The summed E-state index contributed by atoms with van der Waals surface area (Å²) in [6.45, 7) is 0. The smallest absolute Gasteiger partial charge is 0.118 e. The molecular formula is C16H17Cl2NOS. The van der Waals surface area contributed by atoms with Crippen molar-refractivity contribution in [2.75, 3.05) is 19.9 Å². The standard InChI is InChI=1S/C16H17Cl2NOS/c1-19-15(11-3-6-13(20-2)7-4-11)10-21-16-9-12(17)5-8-14(16)18/h3-9,15,19H,10H2,1-2H3. The monoisotopic (exact) mass is 341 g/mol. The van der Waals surface area contributed by atoms with Gasteiger partial charge in [-0.05, 0) is 42.9 Å². The largest absolute Gasteiger partial charge is 0.497 e. The van der Waals surface area contributed by atoms with E-state index in [9.17, 15) is 0 Å². The van der Waals surface area contributed by atoms with Crippen LogP contribution in [0.1, 0.15) is 11.6 Å². The molecule has 0 aromatic heterocycles. The number of hydrogen-bond acceptors (Lipinski definition) is 3. The van der Waals surface area contributed by atoms with E-state index in [0.29, 0.717) is 5.02 Å². The summed E-state index contributed by atoms with van der Waals surface area (Å²) < 4.78 is 5.18. The number of hydrogen-bond donors (Lipinski definition) is 1. The van der Waals surface area contributed by atoms with Gasteiger partial charge in [0.05, 0.1) is 12.1 Å². The van der Waals surface area contributed by atoms with Crippen molar-refractivity contribution in [1.29, 1.82) is 0 Å². The Kier molecular flexibility index (Phi) is 6.24. The Morgan fingerprint density at radius 1 is 1.14 bits per heavy atom. The summed E-state index contributed by atoms with van der Waals surface area (Å²) in [5.74, 6) is 1.72. The summed E-state index contributed by atoms with van der Waals surface area (Å²) in [5.41, 5.74) is 1.21.